The third-order valence-corrected chi connectivity index (χ3v) is 5.85. The quantitative estimate of drug-likeness (QED) is 0.437. The average molecular weight is 519 g/mol. The lowest BCUT2D eigenvalue weighted by Gasteiger charge is -2.22. The number of hydrogen-bond donors (Lipinski definition) is 4. The topological polar surface area (TPSA) is 127 Å². The number of halogens is 1. The number of fused-ring (bicyclic) bond motifs is 1. The van der Waals surface area contributed by atoms with Crippen LogP contribution in [-0.4, -0.2) is 51.0 Å². The van der Waals surface area contributed by atoms with Crippen LogP contribution in [0.2, 0.25) is 5.02 Å². The van der Waals surface area contributed by atoms with Crippen molar-refractivity contribution in [3.05, 3.63) is 52.0 Å². The number of amides is 3. The van der Waals surface area contributed by atoms with E-state index in [4.69, 9.17) is 25.8 Å². The molecule has 0 saturated carbocycles. The first-order chi connectivity index (χ1) is 17.4. The largest absolute Gasteiger partial charge is 0.412 e. The third kappa shape index (κ3) is 6.79. The van der Waals surface area contributed by atoms with Crippen molar-refractivity contribution in [3.63, 3.8) is 0 Å². The Kier molecular flexibility index (Phi) is 9.77. The van der Waals surface area contributed by atoms with Crippen molar-refractivity contribution in [2.75, 3.05) is 32.7 Å². The number of carbonyl (C=O) groups excluding carboxylic acids is 3. The molecule has 0 aliphatic carbocycles. The van der Waals surface area contributed by atoms with Gasteiger partial charge in [-0.3, -0.25) is 0 Å². The minimum absolute atomic E-state index is 0.0149. The fourth-order valence-electron chi connectivity index (χ4n) is 3.88. The maximum Gasteiger partial charge on any atom is 0.412 e. The van der Waals surface area contributed by atoms with Gasteiger partial charge in [-0.1, -0.05) is 23.7 Å². The van der Waals surface area contributed by atoms with E-state index < -0.39 is 18.3 Å². The summed E-state index contributed by atoms with van der Waals surface area (Å²) in [5.74, 6) is 0.280. The van der Waals surface area contributed by atoms with Crippen LogP contribution in [0.4, 0.5) is 14.4 Å². The second-order valence-corrected chi connectivity index (χ2v) is 8.30. The minimum atomic E-state index is -0.703. The molecule has 1 aliphatic rings. The zero-order valence-corrected chi connectivity index (χ0v) is 21.3. The summed E-state index contributed by atoms with van der Waals surface area (Å²) in [6.45, 7) is 7.76. The van der Waals surface area contributed by atoms with Gasteiger partial charge in [-0.25, -0.2) is 14.4 Å². The molecule has 0 spiro atoms. The first kappa shape index (κ1) is 27.1. The molecule has 0 bridgehead atoms. The fourth-order valence-corrected chi connectivity index (χ4v) is 4.21. The molecule has 1 atom stereocenters. The Labute approximate surface area is 215 Å². The molecule has 0 radical (unpaired) electrons. The van der Waals surface area contributed by atoms with E-state index in [-0.39, 0.29) is 22.4 Å². The van der Waals surface area contributed by atoms with Gasteiger partial charge in [0.15, 0.2) is 11.5 Å². The van der Waals surface area contributed by atoms with Gasteiger partial charge in [-0.05, 0) is 68.6 Å². The van der Waals surface area contributed by atoms with Gasteiger partial charge in [0.05, 0.1) is 5.02 Å². The number of rotatable bonds is 7. The molecule has 11 heteroatoms. The Morgan fingerprint density at radius 3 is 2.11 bits per heavy atom. The molecule has 0 aromatic heterocycles. The molecule has 0 fully saturated rings. The average Bonchev–Trinajstić information content (AvgIpc) is 3.05. The second-order valence-electron chi connectivity index (χ2n) is 7.92. The highest BCUT2D eigenvalue weighted by molar-refractivity contribution is 6.33. The number of hydrogen-bond acceptors (Lipinski definition) is 7. The molecule has 1 aliphatic heterocycles. The van der Waals surface area contributed by atoms with E-state index in [1.807, 2.05) is 19.1 Å². The predicted octanol–water partition coefficient (Wildman–Crippen LogP) is 3.94. The van der Waals surface area contributed by atoms with Gasteiger partial charge < -0.3 is 35.5 Å². The van der Waals surface area contributed by atoms with Gasteiger partial charge in [-0.15, -0.1) is 0 Å². The normalized spacial score (nSPS) is 14.6. The summed E-state index contributed by atoms with van der Waals surface area (Å²) in [6, 6.07) is 8.87. The lowest BCUT2D eigenvalue weighted by atomic mass is 9.87. The van der Waals surface area contributed by atoms with E-state index in [2.05, 4.69) is 21.3 Å². The lowest BCUT2D eigenvalue weighted by molar-refractivity contribution is 0.190. The number of benzene rings is 2. The van der Waals surface area contributed by atoms with Gasteiger partial charge in [0, 0.05) is 32.1 Å². The highest BCUT2D eigenvalue weighted by atomic mass is 35.5. The highest BCUT2D eigenvalue weighted by Gasteiger charge is 2.29. The first-order valence-corrected chi connectivity index (χ1v) is 12.3. The molecule has 3 amide bonds. The van der Waals surface area contributed by atoms with Crippen molar-refractivity contribution in [1.29, 1.82) is 0 Å². The molecule has 2 aromatic rings. The number of nitrogens with one attached hydrogen (secondary N) is 4. The van der Waals surface area contributed by atoms with Crippen LogP contribution in [0.3, 0.4) is 0 Å². The van der Waals surface area contributed by atoms with Crippen LogP contribution in [0.5, 0.6) is 17.2 Å². The molecule has 1 unspecified atom stereocenters. The van der Waals surface area contributed by atoms with Crippen molar-refractivity contribution in [3.8, 4) is 17.2 Å². The number of carbonyl (C=O) groups is 3. The van der Waals surface area contributed by atoms with Crippen molar-refractivity contribution >= 4 is 29.9 Å². The summed E-state index contributed by atoms with van der Waals surface area (Å²) < 4.78 is 16.2. The van der Waals surface area contributed by atoms with Gasteiger partial charge >= 0.3 is 18.3 Å². The van der Waals surface area contributed by atoms with Crippen molar-refractivity contribution < 1.29 is 28.6 Å². The van der Waals surface area contributed by atoms with Crippen LogP contribution in [0.1, 0.15) is 43.4 Å². The standard InChI is InChI=1S/C25H31ClN4O6/c1-4-28-23(31)34-16-9-7-15(8-10-16)19-14-27-12-11-17-18(19)13-20(35-24(32)29-5-2)22(21(17)26)36-25(33)30-6-3/h7-10,13,19,27H,4-6,11-12,14H2,1-3H3,(H,28,31)(H,29,32)(H,30,33). The van der Waals surface area contributed by atoms with Gasteiger partial charge in [0.25, 0.3) is 0 Å². The molecule has 0 saturated heterocycles. The summed E-state index contributed by atoms with van der Waals surface area (Å²) in [7, 11) is 0. The summed E-state index contributed by atoms with van der Waals surface area (Å²) in [5, 5.41) is 11.3. The van der Waals surface area contributed by atoms with Crippen LogP contribution < -0.4 is 35.5 Å². The van der Waals surface area contributed by atoms with E-state index in [0.717, 1.165) is 16.7 Å². The summed E-state index contributed by atoms with van der Waals surface area (Å²) >= 11 is 6.77. The fraction of sp³-hybridized carbons (Fsp3) is 0.400. The Hall–Kier alpha value is -3.50. The van der Waals surface area contributed by atoms with Gasteiger partial charge in [0.2, 0.25) is 0 Å². The molecule has 194 valence electrons. The van der Waals surface area contributed by atoms with Crippen LogP contribution in [0.25, 0.3) is 0 Å². The smallest absolute Gasteiger partial charge is 0.410 e. The predicted molar refractivity (Wildman–Crippen MR) is 135 cm³/mol. The SMILES string of the molecule is CCNC(=O)Oc1ccc(C2CNCCc3c2cc(OC(=O)NCC)c(OC(=O)NCC)c3Cl)cc1. The molecule has 4 N–H and O–H groups in total. The number of ether oxygens (including phenoxy) is 3. The van der Waals surface area contributed by atoms with E-state index in [1.54, 1.807) is 32.0 Å². The first-order valence-electron chi connectivity index (χ1n) is 11.9. The Bertz CT molecular complexity index is 1090. The third-order valence-electron chi connectivity index (χ3n) is 5.45. The zero-order valence-electron chi connectivity index (χ0n) is 20.5. The monoisotopic (exact) mass is 518 g/mol. The zero-order chi connectivity index (χ0) is 26.1. The van der Waals surface area contributed by atoms with E-state index in [9.17, 15) is 14.4 Å². The Balaban J connectivity index is 2.02. The minimum Gasteiger partial charge on any atom is -0.410 e. The molecule has 36 heavy (non-hydrogen) atoms. The maximum atomic E-state index is 12.3. The molecule has 1 heterocycles. The Morgan fingerprint density at radius 2 is 1.50 bits per heavy atom. The van der Waals surface area contributed by atoms with Crippen LogP contribution in [0.15, 0.2) is 30.3 Å². The van der Waals surface area contributed by atoms with Crippen molar-refractivity contribution in [2.24, 2.45) is 0 Å². The van der Waals surface area contributed by atoms with Gasteiger partial charge in [0.1, 0.15) is 5.75 Å². The van der Waals surface area contributed by atoms with Crippen LogP contribution in [0, 0.1) is 0 Å². The second kappa shape index (κ2) is 13.0. The van der Waals surface area contributed by atoms with Crippen molar-refractivity contribution in [1.82, 2.24) is 21.3 Å². The van der Waals surface area contributed by atoms with Crippen LogP contribution >= 0.6 is 11.6 Å². The Morgan fingerprint density at radius 1 is 0.917 bits per heavy atom. The molecule has 3 rings (SSSR count). The molecular formula is C25H31ClN4O6. The summed E-state index contributed by atoms with van der Waals surface area (Å²) in [6.07, 6.45) is -1.34. The summed E-state index contributed by atoms with van der Waals surface area (Å²) in [5.41, 5.74) is 2.56. The van der Waals surface area contributed by atoms with E-state index in [1.165, 1.54) is 0 Å². The van der Waals surface area contributed by atoms with Crippen molar-refractivity contribution in [2.45, 2.75) is 33.1 Å². The van der Waals surface area contributed by atoms with Gasteiger partial charge in [-0.2, -0.15) is 0 Å². The molecular weight excluding hydrogens is 488 g/mol. The highest BCUT2D eigenvalue weighted by Crippen LogP contribution is 2.44. The van der Waals surface area contributed by atoms with Crippen LogP contribution in [-0.2, 0) is 6.42 Å². The molecule has 10 nitrogen and oxygen atoms in total. The molecule has 2 aromatic carbocycles. The van der Waals surface area contributed by atoms with E-state index in [0.29, 0.717) is 44.9 Å². The lowest BCUT2D eigenvalue weighted by Crippen LogP contribution is -2.29. The summed E-state index contributed by atoms with van der Waals surface area (Å²) in [4.78, 5) is 36.2. The maximum absolute atomic E-state index is 12.3. The van der Waals surface area contributed by atoms with E-state index >= 15 is 0 Å².